The second-order valence-electron chi connectivity index (χ2n) is 3.83. The summed E-state index contributed by atoms with van der Waals surface area (Å²) in [6.07, 6.45) is 2.10. The summed E-state index contributed by atoms with van der Waals surface area (Å²) in [6, 6.07) is 7.28. The van der Waals surface area contributed by atoms with Gasteiger partial charge in [-0.25, -0.2) is 0 Å². The zero-order valence-corrected chi connectivity index (χ0v) is 8.97. The van der Waals surface area contributed by atoms with Gasteiger partial charge in [-0.15, -0.1) is 0 Å². The quantitative estimate of drug-likeness (QED) is 0.710. The van der Waals surface area contributed by atoms with Gasteiger partial charge in [-0.3, -0.25) is 9.59 Å². The summed E-state index contributed by atoms with van der Waals surface area (Å²) in [4.78, 5) is 23.1. The third-order valence-corrected chi connectivity index (χ3v) is 2.48. The molecule has 0 unspecified atom stereocenters. The van der Waals surface area contributed by atoms with Crippen molar-refractivity contribution in [1.82, 2.24) is 0 Å². The molecule has 16 heavy (non-hydrogen) atoms. The largest absolute Gasteiger partial charge is 0.489 e. The van der Waals surface area contributed by atoms with Crippen LogP contribution >= 0.6 is 0 Å². The van der Waals surface area contributed by atoms with Gasteiger partial charge in [-0.05, 0) is 13.0 Å². The third-order valence-electron chi connectivity index (χ3n) is 2.48. The van der Waals surface area contributed by atoms with Gasteiger partial charge in [-0.2, -0.15) is 0 Å². The van der Waals surface area contributed by atoms with Gasteiger partial charge in [0.15, 0.2) is 11.9 Å². The average Bonchev–Trinajstić information content (AvgIpc) is 2.28. The van der Waals surface area contributed by atoms with Crippen molar-refractivity contribution in [2.24, 2.45) is 0 Å². The van der Waals surface area contributed by atoms with Gasteiger partial charge < -0.3 is 4.74 Å². The maximum absolute atomic E-state index is 12.0. The normalized spacial score (nSPS) is 19.3. The Morgan fingerprint density at radius 1 is 1.44 bits per heavy atom. The van der Waals surface area contributed by atoms with Crippen LogP contribution in [-0.2, 0) is 9.53 Å². The smallest absolute Gasteiger partial charge is 0.203 e. The molecule has 0 saturated heterocycles. The van der Waals surface area contributed by atoms with Gasteiger partial charge in [0, 0.05) is 11.6 Å². The monoisotopic (exact) mass is 216 g/mol. The van der Waals surface area contributed by atoms with E-state index in [0.29, 0.717) is 5.56 Å². The minimum Gasteiger partial charge on any atom is -0.489 e. The number of hydrogen-bond acceptors (Lipinski definition) is 3. The van der Waals surface area contributed by atoms with E-state index in [2.05, 4.69) is 0 Å². The topological polar surface area (TPSA) is 43.4 Å². The molecule has 0 fully saturated rings. The van der Waals surface area contributed by atoms with E-state index in [1.54, 1.807) is 12.1 Å². The minimum atomic E-state index is -0.667. The number of carbonyl (C=O) groups is 2. The molecule has 1 heterocycles. The second kappa shape index (κ2) is 4.31. The maximum atomic E-state index is 12.0. The van der Waals surface area contributed by atoms with E-state index in [-0.39, 0.29) is 18.0 Å². The predicted molar refractivity (Wildman–Crippen MR) is 59.1 cm³/mol. The lowest BCUT2D eigenvalue weighted by atomic mass is 10.00. The van der Waals surface area contributed by atoms with Crippen LogP contribution in [-0.4, -0.2) is 17.7 Å². The molecule has 3 heteroatoms. The van der Waals surface area contributed by atoms with Crippen LogP contribution in [0.3, 0.4) is 0 Å². The molecule has 1 aliphatic heterocycles. The number of hydrogen-bond donors (Lipinski definition) is 0. The van der Waals surface area contributed by atoms with Crippen molar-refractivity contribution in [2.75, 3.05) is 0 Å². The Balaban J connectivity index is 2.19. The van der Waals surface area contributed by atoms with Crippen LogP contribution in [0.1, 0.15) is 22.3 Å². The van der Waals surface area contributed by atoms with Crippen molar-refractivity contribution in [3.05, 3.63) is 47.7 Å². The fourth-order valence-electron chi connectivity index (χ4n) is 1.65. The Labute approximate surface area is 93.7 Å². The van der Waals surface area contributed by atoms with Crippen molar-refractivity contribution in [1.29, 1.82) is 0 Å². The summed E-state index contributed by atoms with van der Waals surface area (Å²) >= 11 is 0. The molecule has 1 aromatic carbocycles. The molecule has 3 nitrogen and oxygen atoms in total. The molecule has 0 radical (unpaired) electrons. The SMILES string of the molecule is Cc1cccc(C(=O)[C@H]2CC(=O)C=CO2)c1. The highest BCUT2D eigenvalue weighted by Gasteiger charge is 2.25. The summed E-state index contributed by atoms with van der Waals surface area (Å²) in [6.45, 7) is 1.92. The molecule has 0 aliphatic carbocycles. The Kier molecular flexibility index (Phi) is 2.86. The Bertz CT molecular complexity index is 460. The molecule has 0 spiro atoms. The van der Waals surface area contributed by atoms with E-state index in [1.165, 1.54) is 12.3 Å². The number of rotatable bonds is 2. The highest BCUT2D eigenvalue weighted by molar-refractivity contribution is 6.04. The van der Waals surface area contributed by atoms with Gasteiger partial charge in [0.1, 0.15) is 0 Å². The molecule has 0 aromatic heterocycles. The number of allylic oxidation sites excluding steroid dienone is 1. The third kappa shape index (κ3) is 2.19. The summed E-state index contributed by atoms with van der Waals surface area (Å²) in [5, 5.41) is 0. The van der Waals surface area contributed by atoms with Crippen molar-refractivity contribution < 1.29 is 14.3 Å². The molecule has 1 aromatic rings. The predicted octanol–water partition coefficient (Wildman–Crippen LogP) is 2.05. The Morgan fingerprint density at radius 2 is 2.25 bits per heavy atom. The van der Waals surface area contributed by atoms with Crippen molar-refractivity contribution in [2.45, 2.75) is 19.4 Å². The molecule has 0 bridgehead atoms. The minimum absolute atomic E-state index is 0.0720. The van der Waals surface area contributed by atoms with Crippen LogP contribution in [0, 0.1) is 6.92 Å². The van der Waals surface area contributed by atoms with E-state index in [0.717, 1.165) is 5.56 Å². The summed E-state index contributed by atoms with van der Waals surface area (Å²) in [7, 11) is 0. The van der Waals surface area contributed by atoms with Crippen LogP contribution < -0.4 is 0 Å². The van der Waals surface area contributed by atoms with Gasteiger partial charge >= 0.3 is 0 Å². The number of ketones is 2. The number of Topliss-reactive ketones (excluding diaryl/α,β-unsaturated/α-hetero) is 1. The Hall–Kier alpha value is -1.90. The summed E-state index contributed by atoms with van der Waals surface area (Å²) in [5.41, 5.74) is 1.61. The van der Waals surface area contributed by atoms with E-state index >= 15 is 0 Å². The lowest BCUT2D eigenvalue weighted by Crippen LogP contribution is -2.27. The molecular weight excluding hydrogens is 204 g/mol. The molecule has 0 saturated carbocycles. The van der Waals surface area contributed by atoms with Crippen molar-refractivity contribution in [3.8, 4) is 0 Å². The molecule has 82 valence electrons. The van der Waals surface area contributed by atoms with Gasteiger partial charge in [0.05, 0.1) is 12.7 Å². The zero-order valence-electron chi connectivity index (χ0n) is 8.97. The number of carbonyl (C=O) groups excluding carboxylic acids is 2. The van der Waals surface area contributed by atoms with Crippen LogP contribution in [0.4, 0.5) is 0 Å². The van der Waals surface area contributed by atoms with E-state index < -0.39 is 6.10 Å². The summed E-state index contributed by atoms with van der Waals surface area (Å²) in [5.74, 6) is -0.210. The fourth-order valence-corrected chi connectivity index (χ4v) is 1.65. The lowest BCUT2D eigenvalue weighted by Gasteiger charge is -2.17. The molecule has 1 atom stereocenters. The number of ether oxygens (including phenoxy) is 1. The first-order chi connectivity index (χ1) is 7.66. The van der Waals surface area contributed by atoms with Crippen molar-refractivity contribution >= 4 is 11.6 Å². The molecule has 1 aliphatic rings. The first-order valence-corrected chi connectivity index (χ1v) is 5.12. The van der Waals surface area contributed by atoms with Crippen LogP contribution in [0.25, 0.3) is 0 Å². The summed E-state index contributed by atoms with van der Waals surface area (Å²) < 4.78 is 5.15. The van der Waals surface area contributed by atoms with Crippen LogP contribution in [0.2, 0.25) is 0 Å². The highest BCUT2D eigenvalue weighted by Crippen LogP contribution is 2.15. The van der Waals surface area contributed by atoms with Crippen LogP contribution in [0.15, 0.2) is 36.6 Å². The highest BCUT2D eigenvalue weighted by atomic mass is 16.5. The molecule has 2 rings (SSSR count). The Morgan fingerprint density at radius 3 is 2.94 bits per heavy atom. The fraction of sp³-hybridized carbons (Fsp3) is 0.231. The van der Waals surface area contributed by atoms with E-state index in [9.17, 15) is 9.59 Å². The molecular formula is C13H12O3. The standard InChI is InChI=1S/C13H12O3/c1-9-3-2-4-10(7-9)13(15)12-8-11(14)5-6-16-12/h2-7,12H,8H2,1H3/t12-/m1/s1. The number of aryl methyl sites for hydroxylation is 1. The molecule has 0 N–H and O–H groups in total. The van der Waals surface area contributed by atoms with Crippen molar-refractivity contribution in [3.63, 3.8) is 0 Å². The lowest BCUT2D eigenvalue weighted by molar-refractivity contribution is -0.117. The average molecular weight is 216 g/mol. The van der Waals surface area contributed by atoms with Crippen LogP contribution in [0.5, 0.6) is 0 Å². The van der Waals surface area contributed by atoms with Gasteiger partial charge in [0.2, 0.25) is 5.78 Å². The van der Waals surface area contributed by atoms with Gasteiger partial charge in [0.25, 0.3) is 0 Å². The molecule has 0 amide bonds. The number of benzene rings is 1. The van der Waals surface area contributed by atoms with Gasteiger partial charge in [-0.1, -0.05) is 23.8 Å². The maximum Gasteiger partial charge on any atom is 0.203 e. The van der Waals surface area contributed by atoms with E-state index in [4.69, 9.17) is 4.74 Å². The zero-order chi connectivity index (χ0) is 11.5. The van der Waals surface area contributed by atoms with E-state index in [1.807, 2.05) is 19.1 Å². The first-order valence-electron chi connectivity index (χ1n) is 5.12. The second-order valence-corrected chi connectivity index (χ2v) is 3.83. The first kappa shape index (κ1) is 10.6.